The highest BCUT2D eigenvalue weighted by Crippen LogP contribution is 2.27. The van der Waals surface area contributed by atoms with Gasteiger partial charge in [0.1, 0.15) is 0 Å². The lowest BCUT2D eigenvalue weighted by Gasteiger charge is -2.37. The minimum atomic E-state index is 0.518. The molecule has 1 saturated heterocycles. The lowest BCUT2D eigenvalue weighted by Crippen LogP contribution is -2.41. The fourth-order valence-electron chi connectivity index (χ4n) is 2.97. The first-order valence-electron chi connectivity index (χ1n) is 7.79. The number of halogens is 1. The molecule has 1 aromatic carbocycles. The standard InChI is InChI=1S/C17H27BrN2/c1-13(2)19-11-15-5-4-10-20(12-15)14(3)16-6-8-17(18)9-7-16/h6-9,13-15,19H,4-5,10-12H2,1-3H3. The van der Waals surface area contributed by atoms with Crippen molar-refractivity contribution in [2.24, 2.45) is 5.92 Å². The van der Waals surface area contributed by atoms with Crippen LogP contribution in [0.25, 0.3) is 0 Å². The molecule has 1 fully saturated rings. The molecule has 0 amide bonds. The molecule has 0 saturated carbocycles. The van der Waals surface area contributed by atoms with Crippen molar-refractivity contribution in [3.8, 4) is 0 Å². The van der Waals surface area contributed by atoms with E-state index in [2.05, 4.69) is 71.2 Å². The van der Waals surface area contributed by atoms with Crippen LogP contribution in [0.4, 0.5) is 0 Å². The molecular weight excluding hydrogens is 312 g/mol. The van der Waals surface area contributed by atoms with Crippen molar-refractivity contribution in [3.05, 3.63) is 34.3 Å². The van der Waals surface area contributed by atoms with Crippen LogP contribution in [-0.4, -0.2) is 30.6 Å². The zero-order valence-corrected chi connectivity index (χ0v) is 14.5. The number of hydrogen-bond donors (Lipinski definition) is 1. The Bertz CT molecular complexity index is 402. The maximum atomic E-state index is 3.59. The molecular formula is C17H27BrN2. The molecule has 0 aromatic heterocycles. The summed E-state index contributed by atoms with van der Waals surface area (Å²) in [6, 6.07) is 9.88. The second-order valence-corrected chi connectivity index (χ2v) is 7.21. The van der Waals surface area contributed by atoms with Crippen molar-refractivity contribution in [3.63, 3.8) is 0 Å². The lowest BCUT2D eigenvalue weighted by molar-refractivity contribution is 0.129. The Morgan fingerprint density at radius 2 is 1.95 bits per heavy atom. The highest BCUT2D eigenvalue weighted by molar-refractivity contribution is 9.10. The van der Waals surface area contributed by atoms with Crippen LogP contribution in [0.2, 0.25) is 0 Å². The first-order chi connectivity index (χ1) is 9.56. The maximum Gasteiger partial charge on any atom is 0.0320 e. The smallest absolute Gasteiger partial charge is 0.0320 e. The Hall–Kier alpha value is -0.380. The molecule has 3 heteroatoms. The molecule has 0 bridgehead atoms. The van der Waals surface area contributed by atoms with E-state index in [1.165, 1.54) is 31.5 Å². The zero-order valence-electron chi connectivity index (χ0n) is 12.9. The van der Waals surface area contributed by atoms with Crippen LogP contribution in [0.5, 0.6) is 0 Å². The summed E-state index contributed by atoms with van der Waals surface area (Å²) in [4.78, 5) is 2.64. The molecule has 112 valence electrons. The average molecular weight is 339 g/mol. The van der Waals surface area contributed by atoms with E-state index in [4.69, 9.17) is 0 Å². The molecule has 1 N–H and O–H groups in total. The summed E-state index contributed by atoms with van der Waals surface area (Å²) in [6.07, 6.45) is 2.69. The summed E-state index contributed by atoms with van der Waals surface area (Å²) in [6.45, 7) is 10.4. The molecule has 1 heterocycles. The Morgan fingerprint density at radius 3 is 2.60 bits per heavy atom. The van der Waals surface area contributed by atoms with Crippen molar-refractivity contribution in [1.82, 2.24) is 10.2 Å². The normalized spacial score (nSPS) is 22.1. The molecule has 2 rings (SSSR count). The highest BCUT2D eigenvalue weighted by atomic mass is 79.9. The van der Waals surface area contributed by atoms with Crippen LogP contribution in [0.15, 0.2) is 28.7 Å². The molecule has 0 spiro atoms. The third-order valence-corrected chi connectivity index (χ3v) is 4.79. The Labute approximate surface area is 132 Å². The average Bonchev–Trinajstić information content (AvgIpc) is 2.45. The summed E-state index contributed by atoms with van der Waals surface area (Å²) in [5.41, 5.74) is 1.42. The third kappa shape index (κ3) is 4.57. The number of nitrogens with one attached hydrogen (secondary N) is 1. The van der Waals surface area contributed by atoms with Gasteiger partial charge in [-0.05, 0) is 56.5 Å². The van der Waals surface area contributed by atoms with E-state index >= 15 is 0 Å². The second kappa shape index (κ2) is 7.58. The van der Waals surface area contributed by atoms with Gasteiger partial charge in [-0.3, -0.25) is 4.90 Å². The van der Waals surface area contributed by atoms with Gasteiger partial charge in [0.25, 0.3) is 0 Å². The quantitative estimate of drug-likeness (QED) is 0.864. The highest BCUT2D eigenvalue weighted by Gasteiger charge is 2.24. The topological polar surface area (TPSA) is 15.3 Å². The summed E-state index contributed by atoms with van der Waals surface area (Å²) in [5.74, 6) is 0.795. The number of hydrogen-bond acceptors (Lipinski definition) is 2. The summed E-state index contributed by atoms with van der Waals surface area (Å²) in [5, 5.41) is 3.59. The number of benzene rings is 1. The van der Waals surface area contributed by atoms with E-state index in [0.29, 0.717) is 12.1 Å². The maximum absolute atomic E-state index is 3.59. The summed E-state index contributed by atoms with van der Waals surface area (Å²) >= 11 is 3.51. The van der Waals surface area contributed by atoms with Crippen molar-refractivity contribution >= 4 is 15.9 Å². The van der Waals surface area contributed by atoms with Gasteiger partial charge in [0.05, 0.1) is 0 Å². The number of likely N-dealkylation sites (tertiary alicyclic amines) is 1. The van der Waals surface area contributed by atoms with Crippen LogP contribution >= 0.6 is 15.9 Å². The molecule has 20 heavy (non-hydrogen) atoms. The van der Waals surface area contributed by atoms with Crippen LogP contribution in [0.1, 0.15) is 45.2 Å². The van der Waals surface area contributed by atoms with Gasteiger partial charge in [0.15, 0.2) is 0 Å². The second-order valence-electron chi connectivity index (χ2n) is 6.29. The number of rotatable bonds is 5. The Balaban J connectivity index is 1.92. The lowest BCUT2D eigenvalue weighted by atomic mass is 9.95. The minimum Gasteiger partial charge on any atom is -0.314 e. The molecule has 1 aliphatic rings. The van der Waals surface area contributed by atoms with Crippen LogP contribution in [-0.2, 0) is 0 Å². The van der Waals surface area contributed by atoms with Crippen molar-refractivity contribution in [1.29, 1.82) is 0 Å². The molecule has 2 atom stereocenters. The van der Waals surface area contributed by atoms with Crippen molar-refractivity contribution in [2.45, 2.75) is 45.7 Å². The summed E-state index contributed by atoms with van der Waals surface area (Å²) in [7, 11) is 0. The van der Waals surface area contributed by atoms with Crippen LogP contribution in [0, 0.1) is 5.92 Å². The Morgan fingerprint density at radius 1 is 1.25 bits per heavy atom. The molecule has 0 aliphatic carbocycles. The summed E-state index contributed by atoms with van der Waals surface area (Å²) < 4.78 is 1.16. The van der Waals surface area contributed by atoms with Gasteiger partial charge < -0.3 is 5.32 Å². The van der Waals surface area contributed by atoms with Gasteiger partial charge in [0.2, 0.25) is 0 Å². The number of nitrogens with zero attached hydrogens (tertiary/aromatic N) is 1. The van der Waals surface area contributed by atoms with E-state index in [1.807, 2.05) is 0 Å². The van der Waals surface area contributed by atoms with Crippen molar-refractivity contribution in [2.75, 3.05) is 19.6 Å². The van der Waals surface area contributed by atoms with E-state index in [-0.39, 0.29) is 0 Å². The zero-order chi connectivity index (χ0) is 14.5. The first kappa shape index (κ1) is 16.0. The van der Waals surface area contributed by atoms with E-state index in [0.717, 1.165) is 16.9 Å². The largest absolute Gasteiger partial charge is 0.314 e. The van der Waals surface area contributed by atoms with E-state index < -0.39 is 0 Å². The van der Waals surface area contributed by atoms with Gasteiger partial charge in [-0.1, -0.05) is 41.9 Å². The molecule has 1 aromatic rings. The molecule has 1 aliphatic heterocycles. The van der Waals surface area contributed by atoms with Crippen LogP contribution in [0.3, 0.4) is 0 Å². The van der Waals surface area contributed by atoms with Gasteiger partial charge in [0, 0.05) is 23.1 Å². The Kier molecular flexibility index (Phi) is 6.06. The molecule has 2 unspecified atom stereocenters. The minimum absolute atomic E-state index is 0.518. The SMILES string of the molecule is CC(C)NCC1CCCN(C(C)c2ccc(Br)cc2)C1. The molecule has 2 nitrogen and oxygen atoms in total. The first-order valence-corrected chi connectivity index (χ1v) is 8.58. The van der Waals surface area contributed by atoms with Gasteiger partial charge in [-0.25, -0.2) is 0 Å². The van der Waals surface area contributed by atoms with Gasteiger partial charge >= 0.3 is 0 Å². The van der Waals surface area contributed by atoms with Gasteiger partial charge in [-0.15, -0.1) is 0 Å². The van der Waals surface area contributed by atoms with Crippen molar-refractivity contribution < 1.29 is 0 Å². The van der Waals surface area contributed by atoms with E-state index in [1.54, 1.807) is 0 Å². The monoisotopic (exact) mass is 338 g/mol. The van der Waals surface area contributed by atoms with Crippen LogP contribution < -0.4 is 5.32 Å². The molecule has 0 radical (unpaired) electrons. The fourth-order valence-corrected chi connectivity index (χ4v) is 3.23. The third-order valence-electron chi connectivity index (χ3n) is 4.27. The fraction of sp³-hybridized carbons (Fsp3) is 0.647. The van der Waals surface area contributed by atoms with Gasteiger partial charge in [-0.2, -0.15) is 0 Å². The van der Waals surface area contributed by atoms with E-state index in [9.17, 15) is 0 Å². The predicted octanol–water partition coefficient (Wildman–Crippen LogP) is 4.22. The predicted molar refractivity (Wildman–Crippen MR) is 90.0 cm³/mol. The number of piperidine rings is 1.